The molecule has 0 heterocycles. The van der Waals surface area contributed by atoms with Crippen molar-refractivity contribution in [2.24, 2.45) is 0 Å². The lowest BCUT2D eigenvalue weighted by atomic mass is 10.1. The van der Waals surface area contributed by atoms with E-state index in [-0.39, 0.29) is 6.04 Å². The Kier molecular flexibility index (Phi) is 4.12. The van der Waals surface area contributed by atoms with Crippen molar-refractivity contribution in [1.29, 1.82) is 0 Å². The molecule has 1 atom stereocenters. The number of ether oxygens (including phenoxy) is 1. The molecule has 0 spiro atoms. The highest BCUT2D eigenvalue weighted by Gasteiger charge is 2.16. The van der Waals surface area contributed by atoms with Crippen LogP contribution in [0.4, 0.5) is 0 Å². The number of carbonyl (C=O) groups excluding carboxylic acids is 1. The SMILES string of the molecule is COc1ccc(C(C=O)N(C)C)c(Cl)c1. The van der Waals surface area contributed by atoms with Crippen LogP contribution in [0.15, 0.2) is 18.2 Å². The van der Waals surface area contributed by atoms with Crippen LogP contribution < -0.4 is 4.74 Å². The molecule has 0 bridgehead atoms. The molecule has 82 valence electrons. The van der Waals surface area contributed by atoms with Gasteiger partial charge in [-0.3, -0.25) is 4.90 Å². The molecule has 0 amide bonds. The van der Waals surface area contributed by atoms with Crippen LogP contribution in [0.25, 0.3) is 0 Å². The highest BCUT2D eigenvalue weighted by atomic mass is 35.5. The van der Waals surface area contributed by atoms with Crippen LogP contribution in [0, 0.1) is 0 Å². The Labute approximate surface area is 94.6 Å². The second kappa shape index (κ2) is 5.14. The summed E-state index contributed by atoms with van der Waals surface area (Å²) in [6, 6.07) is 4.99. The number of benzene rings is 1. The van der Waals surface area contributed by atoms with Gasteiger partial charge in [-0.05, 0) is 31.8 Å². The number of hydrogen-bond acceptors (Lipinski definition) is 3. The molecule has 4 heteroatoms. The van der Waals surface area contributed by atoms with E-state index in [0.717, 1.165) is 11.8 Å². The van der Waals surface area contributed by atoms with Gasteiger partial charge in [0.2, 0.25) is 0 Å². The summed E-state index contributed by atoms with van der Waals surface area (Å²) in [5.41, 5.74) is 0.789. The van der Waals surface area contributed by atoms with Crippen LogP contribution in [-0.4, -0.2) is 32.4 Å². The molecule has 1 unspecified atom stereocenters. The van der Waals surface area contributed by atoms with Crippen LogP contribution in [0.2, 0.25) is 5.02 Å². The van der Waals surface area contributed by atoms with Gasteiger partial charge in [0.05, 0.1) is 13.2 Å². The van der Waals surface area contributed by atoms with Crippen molar-refractivity contribution in [2.75, 3.05) is 21.2 Å². The monoisotopic (exact) mass is 227 g/mol. The second-order valence-electron chi connectivity index (χ2n) is 3.43. The molecule has 0 fully saturated rings. The molecule has 0 aliphatic heterocycles. The highest BCUT2D eigenvalue weighted by Crippen LogP contribution is 2.28. The molecule has 0 radical (unpaired) electrons. The lowest BCUT2D eigenvalue weighted by Gasteiger charge is -2.20. The number of rotatable bonds is 4. The maximum Gasteiger partial charge on any atom is 0.141 e. The van der Waals surface area contributed by atoms with Crippen LogP contribution in [0.3, 0.4) is 0 Å². The summed E-state index contributed by atoms with van der Waals surface area (Å²) in [6.45, 7) is 0. The largest absolute Gasteiger partial charge is 0.497 e. The van der Waals surface area contributed by atoms with Crippen molar-refractivity contribution in [3.05, 3.63) is 28.8 Å². The van der Waals surface area contributed by atoms with Gasteiger partial charge in [-0.2, -0.15) is 0 Å². The molecule has 1 aromatic carbocycles. The predicted molar refractivity (Wildman–Crippen MR) is 60.5 cm³/mol. The molecule has 3 nitrogen and oxygen atoms in total. The first-order chi connectivity index (χ1) is 7.10. The standard InChI is InChI=1S/C11H14ClNO2/c1-13(2)11(7-14)9-5-4-8(15-3)6-10(9)12/h4-7,11H,1-3H3. The minimum Gasteiger partial charge on any atom is -0.497 e. The fourth-order valence-electron chi connectivity index (χ4n) is 1.35. The summed E-state index contributed by atoms with van der Waals surface area (Å²) >= 11 is 6.06. The van der Waals surface area contributed by atoms with Gasteiger partial charge in [0.25, 0.3) is 0 Å². The Bertz CT molecular complexity index is 352. The van der Waals surface area contributed by atoms with Gasteiger partial charge in [-0.1, -0.05) is 17.7 Å². The van der Waals surface area contributed by atoms with Gasteiger partial charge in [-0.15, -0.1) is 0 Å². The van der Waals surface area contributed by atoms with Crippen molar-refractivity contribution >= 4 is 17.9 Å². The third-order valence-electron chi connectivity index (χ3n) is 2.21. The quantitative estimate of drug-likeness (QED) is 0.739. The average molecular weight is 228 g/mol. The fraction of sp³-hybridized carbons (Fsp3) is 0.364. The number of aldehydes is 1. The van der Waals surface area contributed by atoms with Crippen LogP contribution >= 0.6 is 11.6 Å². The van der Waals surface area contributed by atoms with Crippen molar-refractivity contribution in [1.82, 2.24) is 4.90 Å². The van der Waals surface area contributed by atoms with Crippen molar-refractivity contribution in [2.45, 2.75) is 6.04 Å². The summed E-state index contributed by atoms with van der Waals surface area (Å²) < 4.78 is 5.04. The lowest BCUT2D eigenvalue weighted by molar-refractivity contribution is -0.111. The fourth-order valence-corrected chi connectivity index (χ4v) is 1.63. The number of carbonyl (C=O) groups is 1. The zero-order chi connectivity index (χ0) is 11.4. The van der Waals surface area contributed by atoms with E-state index in [1.54, 1.807) is 30.2 Å². The number of halogens is 1. The second-order valence-corrected chi connectivity index (χ2v) is 3.84. The van der Waals surface area contributed by atoms with E-state index in [2.05, 4.69) is 0 Å². The maximum absolute atomic E-state index is 10.9. The van der Waals surface area contributed by atoms with E-state index in [1.807, 2.05) is 14.1 Å². The summed E-state index contributed by atoms with van der Waals surface area (Å²) in [7, 11) is 5.24. The van der Waals surface area contributed by atoms with Gasteiger partial charge in [-0.25, -0.2) is 0 Å². The Balaban J connectivity index is 3.08. The number of hydrogen-bond donors (Lipinski definition) is 0. The summed E-state index contributed by atoms with van der Waals surface area (Å²) in [6.07, 6.45) is 0.869. The molecule has 1 rings (SSSR count). The Morgan fingerprint density at radius 3 is 2.53 bits per heavy atom. The van der Waals surface area contributed by atoms with Crippen LogP contribution in [0.1, 0.15) is 11.6 Å². The number of nitrogens with zero attached hydrogens (tertiary/aromatic N) is 1. The molecule has 0 N–H and O–H groups in total. The first kappa shape index (κ1) is 12.0. The molecule has 1 aromatic rings. The lowest BCUT2D eigenvalue weighted by Crippen LogP contribution is -2.21. The van der Waals surface area contributed by atoms with E-state index >= 15 is 0 Å². The van der Waals surface area contributed by atoms with E-state index in [9.17, 15) is 4.79 Å². The Morgan fingerprint density at radius 2 is 2.13 bits per heavy atom. The van der Waals surface area contributed by atoms with Gasteiger partial charge >= 0.3 is 0 Å². The van der Waals surface area contributed by atoms with Gasteiger partial charge < -0.3 is 9.53 Å². The van der Waals surface area contributed by atoms with E-state index in [0.29, 0.717) is 10.8 Å². The normalized spacial score (nSPS) is 12.6. The molecular weight excluding hydrogens is 214 g/mol. The smallest absolute Gasteiger partial charge is 0.141 e. The molecular formula is C11H14ClNO2. The van der Waals surface area contributed by atoms with E-state index in [1.165, 1.54) is 0 Å². The molecule has 0 saturated heterocycles. The van der Waals surface area contributed by atoms with Crippen molar-refractivity contribution in [3.8, 4) is 5.75 Å². The van der Waals surface area contributed by atoms with E-state index in [4.69, 9.17) is 16.3 Å². The molecule has 0 aliphatic carbocycles. The predicted octanol–water partition coefficient (Wildman–Crippen LogP) is 2.15. The topological polar surface area (TPSA) is 29.5 Å². The minimum atomic E-state index is -0.316. The molecule has 0 aromatic heterocycles. The van der Waals surface area contributed by atoms with Gasteiger partial charge in [0.15, 0.2) is 0 Å². The van der Waals surface area contributed by atoms with Crippen molar-refractivity contribution in [3.63, 3.8) is 0 Å². The average Bonchev–Trinajstić information content (AvgIpc) is 2.20. The first-order valence-electron chi connectivity index (χ1n) is 4.55. The maximum atomic E-state index is 10.9. The van der Waals surface area contributed by atoms with Crippen LogP contribution in [0.5, 0.6) is 5.75 Å². The number of likely N-dealkylation sites (N-methyl/N-ethyl adjacent to an activating group) is 1. The molecule has 15 heavy (non-hydrogen) atoms. The van der Waals surface area contributed by atoms with Crippen molar-refractivity contribution < 1.29 is 9.53 Å². The Morgan fingerprint density at radius 1 is 1.47 bits per heavy atom. The van der Waals surface area contributed by atoms with Gasteiger partial charge in [0, 0.05) is 5.02 Å². The number of methoxy groups -OCH3 is 1. The first-order valence-corrected chi connectivity index (χ1v) is 4.93. The third kappa shape index (κ3) is 2.70. The summed E-state index contributed by atoms with van der Waals surface area (Å²) in [5.74, 6) is 0.687. The highest BCUT2D eigenvalue weighted by molar-refractivity contribution is 6.31. The molecule has 0 saturated carbocycles. The molecule has 0 aliphatic rings. The zero-order valence-electron chi connectivity index (χ0n) is 9.03. The minimum absolute atomic E-state index is 0.316. The third-order valence-corrected chi connectivity index (χ3v) is 2.54. The zero-order valence-corrected chi connectivity index (χ0v) is 9.78. The van der Waals surface area contributed by atoms with E-state index < -0.39 is 0 Å². The van der Waals surface area contributed by atoms with Gasteiger partial charge in [0.1, 0.15) is 12.0 Å². The summed E-state index contributed by atoms with van der Waals surface area (Å²) in [4.78, 5) is 12.7. The Hall–Kier alpha value is -1.06. The summed E-state index contributed by atoms with van der Waals surface area (Å²) in [5, 5.41) is 0.542. The van der Waals surface area contributed by atoms with Crippen LogP contribution in [-0.2, 0) is 4.79 Å².